The normalized spacial score (nSPS) is 11.3. The van der Waals surface area contributed by atoms with Crippen LogP contribution in [0.2, 0.25) is 0 Å². The summed E-state index contributed by atoms with van der Waals surface area (Å²) in [6, 6.07) is 17.6. The van der Waals surface area contributed by atoms with E-state index in [1.54, 1.807) is 12.4 Å². The summed E-state index contributed by atoms with van der Waals surface area (Å²) in [5, 5.41) is 17.3. The van der Waals surface area contributed by atoms with Gasteiger partial charge in [0.15, 0.2) is 0 Å². The van der Waals surface area contributed by atoms with Crippen molar-refractivity contribution in [3.05, 3.63) is 83.8 Å². The van der Waals surface area contributed by atoms with E-state index in [1.807, 2.05) is 99.9 Å². The van der Waals surface area contributed by atoms with Crippen LogP contribution in [0.4, 0.5) is 17.1 Å². The van der Waals surface area contributed by atoms with E-state index in [9.17, 15) is 10.1 Å². The van der Waals surface area contributed by atoms with E-state index in [4.69, 9.17) is 14.5 Å². The molecule has 45 heavy (non-hydrogen) atoms. The van der Waals surface area contributed by atoms with Gasteiger partial charge in [-0.1, -0.05) is 13.0 Å². The highest BCUT2D eigenvalue weighted by Crippen LogP contribution is 2.38. The number of nitrogens with one attached hydrogen (secondary N) is 2. The molecule has 230 valence electrons. The summed E-state index contributed by atoms with van der Waals surface area (Å²) in [7, 11) is 5.82. The molecule has 10 nitrogen and oxygen atoms in total. The van der Waals surface area contributed by atoms with Gasteiger partial charge in [-0.15, -0.1) is 0 Å². The molecule has 0 fully saturated rings. The molecule has 0 bridgehead atoms. The minimum Gasteiger partial charge on any atom is -0.492 e. The highest BCUT2D eigenvalue weighted by atomic mass is 16.5. The summed E-state index contributed by atoms with van der Waals surface area (Å²) in [5.74, 6) is 1.63. The predicted octanol–water partition coefficient (Wildman–Crippen LogP) is 6.85. The van der Waals surface area contributed by atoms with Crippen LogP contribution in [0, 0.1) is 18.3 Å². The molecule has 5 aromatic rings. The van der Waals surface area contributed by atoms with Gasteiger partial charge in [0.05, 0.1) is 52.1 Å². The van der Waals surface area contributed by atoms with Gasteiger partial charge in [-0.3, -0.25) is 9.78 Å². The second-order valence-electron chi connectivity index (χ2n) is 10.9. The minimum absolute atomic E-state index is 0.279. The number of hydrogen-bond donors (Lipinski definition) is 2. The van der Waals surface area contributed by atoms with Crippen LogP contribution in [0.3, 0.4) is 0 Å². The number of aromatic nitrogens is 3. The number of hydrogen-bond acceptors (Lipinski definition) is 8. The first kappa shape index (κ1) is 31.0. The van der Waals surface area contributed by atoms with Crippen LogP contribution in [0.1, 0.15) is 30.7 Å². The fourth-order valence-corrected chi connectivity index (χ4v) is 5.06. The van der Waals surface area contributed by atoms with E-state index in [0.717, 1.165) is 22.3 Å². The van der Waals surface area contributed by atoms with Crippen LogP contribution < -0.4 is 20.1 Å². The smallest absolute Gasteiger partial charge is 0.248 e. The molecule has 3 aromatic carbocycles. The van der Waals surface area contributed by atoms with Gasteiger partial charge in [0.25, 0.3) is 0 Å². The number of anilines is 3. The number of fused-ring (bicyclic) bond motifs is 2. The molecule has 0 aliphatic rings. The van der Waals surface area contributed by atoms with Gasteiger partial charge in [0.1, 0.15) is 23.3 Å². The lowest BCUT2D eigenvalue weighted by Gasteiger charge is -2.18. The lowest BCUT2D eigenvalue weighted by Crippen LogP contribution is -2.13. The molecule has 0 unspecified atom stereocenters. The number of rotatable bonds is 11. The molecule has 5 rings (SSSR count). The van der Waals surface area contributed by atoms with E-state index in [0.29, 0.717) is 70.4 Å². The van der Waals surface area contributed by atoms with Gasteiger partial charge in [0.2, 0.25) is 5.91 Å². The number of ether oxygens (including phenoxy) is 2. The minimum atomic E-state index is -0.279. The van der Waals surface area contributed by atoms with Crippen molar-refractivity contribution in [2.24, 2.45) is 7.05 Å². The van der Waals surface area contributed by atoms with Crippen molar-refractivity contribution in [3.8, 4) is 23.3 Å². The molecule has 2 N–H and O–H groups in total. The Morgan fingerprint density at radius 2 is 1.91 bits per heavy atom. The molecule has 1 amide bonds. The van der Waals surface area contributed by atoms with E-state index in [2.05, 4.69) is 21.7 Å². The third kappa shape index (κ3) is 6.89. The quantitative estimate of drug-likeness (QED) is 0.157. The SMILES string of the molecule is CCOc1cc2nc(CC)c(C#N)c(Nc3ccc(Oc4ccc5c(c4)ncn5C)c(C)c3)c2cc1NC(=O)/C=C/CN(C)C. The molecule has 2 aromatic heterocycles. The van der Waals surface area contributed by atoms with Crippen molar-refractivity contribution < 1.29 is 14.3 Å². The van der Waals surface area contributed by atoms with Crippen molar-refractivity contribution >= 4 is 44.9 Å². The Hall–Kier alpha value is -5.40. The largest absolute Gasteiger partial charge is 0.492 e. The van der Waals surface area contributed by atoms with Crippen LogP contribution >= 0.6 is 0 Å². The van der Waals surface area contributed by atoms with Gasteiger partial charge in [0, 0.05) is 42.9 Å². The molecule has 0 radical (unpaired) electrons. The van der Waals surface area contributed by atoms with Crippen molar-refractivity contribution in [3.63, 3.8) is 0 Å². The number of carbonyl (C=O) groups excluding carboxylic acids is 1. The zero-order chi connectivity index (χ0) is 32.1. The fraction of sp³-hybridized carbons (Fsp3) is 0.257. The number of carbonyl (C=O) groups is 1. The van der Waals surface area contributed by atoms with Crippen molar-refractivity contribution in [1.29, 1.82) is 5.26 Å². The van der Waals surface area contributed by atoms with Gasteiger partial charge in [-0.2, -0.15) is 5.26 Å². The van der Waals surface area contributed by atoms with E-state index < -0.39 is 0 Å². The summed E-state index contributed by atoms with van der Waals surface area (Å²) >= 11 is 0. The lowest BCUT2D eigenvalue weighted by molar-refractivity contribution is -0.111. The first-order valence-electron chi connectivity index (χ1n) is 14.8. The van der Waals surface area contributed by atoms with Crippen molar-refractivity contribution in [1.82, 2.24) is 19.4 Å². The summed E-state index contributed by atoms with van der Waals surface area (Å²) < 4.78 is 14.1. The molecule has 2 heterocycles. The Bertz CT molecular complexity index is 1950. The van der Waals surface area contributed by atoms with Crippen molar-refractivity contribution in [2.75, 3.05) is 37.9 Å². The number of imidazole rings is 1. The van der Waals surface area contributed by atoms with Crippen LogP contribution in [0.25, 0.3) is 21.9 Å². The number of likely N-dealkylation sites (N-methyl/N-ethyl adjacent to an activating group) is 1. The number of amides is 1. The maximum absolute atomic E-state index is 12.8. The average Bonchev–Trinajstić information content (AvgIpc) is 3.38. The fourth-order valence-electron chi connectivity index (χ4n) is 5.06. The Balaban J connectivity index is 1.51. The van der Waals surface area contributed by atoms with Crippen LogP contribution in [0.15, 0.2) is 67.0 Å². The number of pyridine rings is 1. The topological polar surface area (TPSA) is 117 Å². The Morgan fingerprint density at radius 1 is 1.09 bits per heavy atom. The number of benzene rings is 3. The van der Waals surface area contributed by atoms with Gasteiger partial charge in [-0.05, 0) is 76.3 Å². The zero-order valence-corrected chi connectivity index (χ0v) is 26.4. The number of nitrogens with zero attached hydrogens (tertiary/aromatic N) is 5. The average molecular weight is 604 g/mol. The molecule has 0 aliphatic heterocycles. The van der Waals surface area contributed by atoms with E-state index in [-0.39, 0.29) is 5.91 Å². The van der Waals surface area contributed by atoms with Crippen molar-refractivity contribution in [2.45, 2.75) is 27.2 Å². The summed E-state index contributed by atoms with van der Waals surface area (Å²) in [5.41, 5.74) is 6.43. The van der Waals surface area contributed by atoms with Gasteiger partial charge in [-0.25, -0.2) is 4.98 Å². The molecule has 0 saturated carbocycles. The predicted molar refractivity (Wildman–Crippen MR) is 179 cm³/mol. The lowest BCUT2D eigenvalue weighted by atomic mass is 10.0. The molecule has 0 saturated heterocycles. The van der Waals surface area contributed by atoms with Gasteiger partial charge < -0.3 is 29.6 Å². The van der Waals surface area contributed by atoms with Crippen LogP contribution in [-0.4, -0.2) is 52.6 Å². The molecule has 10 heteroatoms. The van der Waals surface area contributed by atoms with Crippen LogP contribution in [-0.2, 0) is 18.3 Å². The number of aryl methyl sites for hydroxylation is 3. The number of nitriles is 1. The molecular formula is C35H37N7O3. The second kappa shape index (κ2) is 13.5. The molecule has 0 aliphatic carbocycles. The highest BCUT2D eigenvalue weighted by Gasteiger charge is 2.19. The third-order valence-electron chi connectivity index (χ3n) is 7.27. The highest BCUT2D eigenvalue weighted by molar-refractivity contribution is 6.05. The van der Waals surface area contributed by atoms with E-state index in [1.165, 1.54) is 6.08 Å². The first-order chi connectivity index (χ1) is 21.7. The second-order valence-corrected chi connectivity index (χ2v) is 10.9. The summed E-state index contributed by atoms with van der Waals surface area (Å²) in [6.07, 6.45) is 5.64. The maximum atomic E-state index is 12.8. The maximum Gasteiger partial charge on any atom is 0.248 e. The third-order valence-corrected chi connectivity index (χ3v) is 7.27. The molecule has 0 atom stereocenters. The van der Waals surface area contributed by atoms with E-state index >= 15 is 0 Å². The Labute approximate surface area is 262 Å². The first-order valence-corrected chi connectivity index (χ1v) is 14.8. The molecular weight excluding hydrogens is 566 g/mol. The monoisotopic (exact) mass is 603 g/mol. The standard InChI is InChI=1S/C35H37N7O3/c1-7-27-26(20-36)35(25-18-30(33(44-8-2)19-28(25)39-27)40-34(43)10-9-15-41(4)5)38-23-11-14-32(22(3)16-23)45-24-12-13-31-29(17-24)37-21-42(31)6/h9-14,16-19,21H,7-8,15H2,1-6H3,(H,38,39)(H,40,43)/b10-9+. The molecule has 0 spiro atoms. The zero-order valence-electron chi connectivity index (χ0n) is 26.4. The van der Waals surface area contributed by atoms with Gasteiger partial charge >= 0.3 is 0 Å². The Morgan fingerprint density at radius 3 is 2.62 bits per heavy atom. The summed E-state index contributed by atoms with van der Waals surface area (Å²) in [4.78, 5) is 24.0. The Kier molecular flexibility index (Phi) is 9.31. The van der Waals surface area contributed by atoms with Crippen LogP contribution in [0.5, 0.6) is 17.2 Å². The summed E-state index contributed by atoms with van der Waals surface area (Å²) in [6.45, 7) is 6.87.